The van der Waals surface area contributed by atoms with Crippen LogP contribution in [0.3, 0.4) is 0 Å². The van der Waals surface area contributed by atoms with Crippen molar-refractivity contribution in [2.24, 2.45) is 0 Å². The summed E-state index contributed by atoms with van der Waals surface area (Å²) in [4.78, 5) is 12.4. The zero-order valence-corrected chi connectivity index (χ0v) is 26.8. The van der Waals surface area contributed by atoms with Gasteiger partial charge >= 0.3 is 0 Å². The maximum atomic E-state index is 12.4. The van der Waals surface area contributed by atoms with Gasteiger partial charge < -0.3 is 15.5 Å². The van der Waals surface area contributed by atoms with Gasteiger partial charge in [0.15, 0.2) is 0 Å². The molecule has 0 fully saturated rings. The Balaban J connectivity index is 4.31. The van der Waals surface area contributed by atoms with Gasteiger partial charge in [-0.1, -0.05) is 134 Å². The first-order valence-electron chi connectivity index (χ1n) is 16.3. The predicted molar refractivity (Wildman–Crippen MR) is 171 cm³/mol. The van der Waals surface area contributed by atoms with E-state index in [0.717, 1.165) is 44.9 Å². The van der Waals surface area contributed by atoms with Crippen LogP contribution >= 0.6 is 0 Å². The molecule has 0 aromatic carbocycles. The van der Waals surface area contributed by atoms with Gasteiger partial charge in [-0.15, -0.1) is 0 Å². The van der Waals surface area contributed by atoms with E-state index in [9.17, 15) is 28.0 Å². The standard InChI is InChI=1S/C33H61NO6S/c1-3-5-7-9-11-13-14-15-16-17-18-20-21-23-25-27-31(35)30(29-41(38,39)40)34-33(37)32(36)28-26-24-22-19-12-10-8-6-4-2/h14-15,18,20,25,27,30-32,35-36H,3-13,16-17,19,21-24,26,28-29H2,1-2H3,(H,34,37)(H,38,39,40)/b15-14+,20-18+,27-25+. The molecule has 0 aromatic rings. The van der Waals surface area contributed by atoms with Crippen LogP contribution in [-0.2, 0) is 14.9 Å². The molecule has 0 aromatic heterocycles. The van der Waals surface area contributed by atoms with E-state index in [2.05, 4.69) is 43.5 Å². The highest BCUT2D eigenvalue weighted by Gasteiger charge is 2.27. The van der Waals surface area contributed by atoms with Crippen molar-refractivity contribution in [2.45, 2.75) is 161 Å². The molecule has 41 heavy (non-hydrogen) atoms. The summed E-state index contributed by atoms with van der Waals surface area (Å²) in [6, 6.07) is -1.25. The van der Waals surface area contributed by atoms with Crippen molar-refractivity contribution in [2.75, 3.05) is 5.75 Å². The first-order chi connectivity index (χ1) is 19.7. The molecule has 0 spiro atoms. The molecule has 0 bridgehead atoms. The number of aliphatic hydroxyl groups excluding tert-OH is 2. The van der Waals surface area contributed by atoms with Crippen LogP contribution in [0.15, 0.2) is 36.5 Å². The highest BCUT2D eigenvalue weighted by atomic mass is 32.2. The third-order valence-corrected chi connectivity index (χ3v) is 7.94. The summed E-state index contributed by atoms with van der Waals surface area (Å²) in [6.07, 6.45) is 30.7. The molecule has 0 aliphatic carbocycles. The van der Waals surface area contributed by atoms with Crippen molar-refractivity contribution in [3.63, 3.8) is 0 Å². The Kier molecular flexibility index (Phi) is 26.4. The van der Waals surface area contributed by atoms with Crippen molar-refractivity contribution in [3.8, 4) is 0 Å². The molecule has 8 heteroatoms. The highest BCUT2D eigenvalue weighted by Crippen LogP contribution is 2.12. The van der Waals surface area contributed by atoms with Crippen LogP contribution in [0.5, 0.6) is 0 Å². The summed E-state index contributed by atoms with van der Waals surface area (Å²) in [5, 5.41) is 23.1. The van der Waals surface area contributed by atoms with Crippen LogP contribution in [0.4, 0.5) is 0 Å². The van der Waals surface area contributed by atoms with Crippen LogP contribution in [0.1, 0.15) is 142 Å². The first-order valence-corrected chi connectivity index (χ1v) is 17.9. The van der Waals surface area contributed by atoms with E-state index in [1.165, 1.54) is 70.3 Å². The Bertz CT molecular complexity index is 809. The van der Waals surface area contributed by atoms with E-state index >= 15 is 0 Å². The van der Waals surface area contributed by atoms with Crippen LogP contribution in [0.2, 0.25) is 0 Å². The maximum Gasteiger partial charge on any atom is 0.267 e. The summed E-state index contributed by atoms with van der Waals surface area (Å²) in [6.45, 7) is 4.42. The van der Waals surface area contributed by atoms with E-state index in [1.54, 1.807) is 6.08 Å². The second kappa shape index (κ2) is 27.4. The molecule has 0 aliphatic heterocycles. The second-order valence-electron chi connectivity index (χ2n) is 11.2. The molecule has 0 heterocycles. The molecule has 240 valence electrons. The normalized spacial score (nSPS) is 14.8. The average Bonchev–Trinajstić information content (AvgIpc) is 2.92. The first kappa shape index (κ1) is 39.5. The third kappa shape index (κ3) is 27.1. The van der Waals surface area contributed by atoms with Gasteiger partial charge in [0.05, 0.1) is 17.9 Å². The fourth-order valence-electron chi connectivity index (χ4n) is 4.60. The third-order valence-electron chi connectivity index (χ3n) is 7.15. The fourth-order valence-corrected chi connectivity index (χ4v) is 5.34. The Morgan fingerprint density at radius 1 is 0.659 bits per heavy atom. The lowest BCUT2D eigenvalue weighted by atomic mass is 10.0. The lowest BCUT2D eigenvalue weighted by Gasteiger charge is -2.22. The van der Waals surface area contributed by atoms with Gasteiger partial charge in [0, 0.05) is 0 Å². The smallest absolute Gasteiger partial charge is 0.267 e. The van der Waals surface area contributed by atoms with Crippen molar-refractivity contribution < 1.29 is 28.0 Å². The van der Waals surface area contributed by atoms with Gasteiger partial charge in [-0.05, 0) is 44.9 Å². The number of aliphatic hydroxyl groups is 2. The quantitative estimate of drug-likeness (QED) is 0.0417. The van der Waals surface area contributed by atoms with Crippen molar-refractivity contribution >= 4 is 16.0 Å². The number of nitrogens with one attached hydrogen (secondary N) is 1. The summed E-state index contributed by atoms with van der Waals surface area (Å²) < 4.78 is 32.2. The monoisotopic (exact) mass is 599 g/mol. The van der Waals surface area contributed by atoms with Crippen LogP contribution in [0, 0.1) is 0 Å². The van der Waals surface area contributed by atoms with Crippen molar-refractivity contribution in [1.82, 2.24) is 5.32 Å². The van der Waals surface area contributed by atoms with Gasteiger partial charge in [-0.3, -0.25) is 9.35 Å². The Morgan fingerprint density at radius 2 is 1.10 bits per heavy atom. The minimum Gasteiger partial charge on any atom is -0.387 e. The number of carbonyl (C=O) groups excluding carboxylic acids is 1. The molecule has 0 rings (SSSR count). The van der Waals surface area contributed by atoms with Gasteiger partial charge in [0.2, 0.25) is 5.91 Å². The lowest BCUT2D eigenvalue weighted by molar-refractivity contribution is -0.130. The summed E-state index contributed by atoms with van der Waals surface area (Å²) >= 11 is 0. The Morgan fingerprint density at radius 3 is 1.61 bits per heavy atom. The number of hydrogen-bond donors (Lipinski definition) is 4. The van der Waals surface area contributed by atoms with E-state index < -0.39 is 40.0 Å². The second-order valence-corrected chi connectivity index (χ2v) is 12.7. The SMILES string of the molecule is CCCCCCC/C=C/CC/C=C/CC/C=C/C(O)C(CS(=O)(=O)O)NC(=O)C(O)CCCCCCCCCCC. The summed E-state index contributed by atoms with van der Waals surface area (Å²) in [5.74, 6) is -1.57. The van der Waals surface area contributed by atoms with Gasteiger partial charge in [-0.25, -0.2) is 0 Å². The molecule has 0 saturated heterocycles. The van der Waals surface area contributed by atoms with Crippen molar-refractivity contribution in [3.05, 3.63) is 36.5 Å². The predicted octanol–water partition coefficient (Wildman–Crippen LogP) is 7.59. The van der Waals surface area contributed by atoms with E-state index in [-0.39, 0.29) is 6.42 Å². The number of carbonyl (C=O) groups is 1. The number of rotatable bonds is 28. The molecule has 0 aliphatic rings. The van der Waals surface area contributed by atoms with Crippen LogP contribution < -0.4 is 5.32 Å². The molecule has 0 saturated carbocycles. The number of allylic oxidation sites excluding steroid dienone is 5. The van der Waals surface area contributed by atoms with Gasteiger partial charge in [0.25, 0.3) is 10.1 Å². The number of hydrogen-bond acceptors (Lipinski definition) is 5. The van der Waals surface area contributed by atoms with Crippen LogP contribution in [-0.4, -0.2) is 53.1 Å². The molecule has 4 N–H and O–H groups in total. The van der Waals surface area contributed by atoms with Gasteiger partial charge in [0.1, 0.15) is 6.10 Å². The summed E-state index contributed by atoms with van der Waals surface area (Å²) in [7, 11) is -4.44. The molecular weight excluding hydrogens is 538 g/mol. The van der Waals surface area contributed by atoms with E-state index in [4.69, 9.17) is 0 Å². The maximum absolute atomic E-state index is 12.4. The fraction of sp³-hybridized carbons (Fsp3) is 0.788. The number of unbranched alkanes of at least 4 members (excludes halogenated alkanes) is 15. The minimum absolute atomic E-state index is 0.271. The molecule has 7 nitrogen and oxygen atoms in total. The topological polar surface area (TPSA) is 124 Å². The molecule has 0 radical (unpaired) electrons. The average molecular weight is 600 g/mol. The lowest BCUT2D eigenvalue weighted by Crippen LogP contribution is -2.50. The zero-order chi connectivity index (χ0) is 30.6. The molecule has 3 atom stereocenters. The van der Waals surface area contributed by atoms with Gasteiger partial charge in [-0.2, -0.15) is 8.42 Å². The van der Waals surface area contributed by atoms with Crippen LogP contribution in [0.25, 0.3) is 0 Å². The summed E-state index contributed by atoms with van der Waals surface area (Å²) in [5.41, 5.74) is 0. The van der Waals surface area contributed by atoms with Crippen molar-refractivity contribution in [1.29, 1.82) is 0 Å². The Labute approximate surface area is 251 Å². The zero-order valence-electron chi connectivity index (χ0n) is 26.0. The molecular formula is C33H61NO6S. The highest BCUT2D eigenvalue weighted by molar-refractivity contribution is 7.85. The molecule has 1 amide bonds. The Hall–Kier alpha value is -1.48. The molecule has 3 unspecified atom stereocenters. The van der Waals surface area contributed by atoms with E-state index in [1.807, 2.05) is 0 Å². The largest absolute Gasteiger partial charge is 0.387 e. The minimum atomic E-state index is -4.44. The van der Waals surface area contributed by atoms with E-state index in [0.29, 0.717) is 12.8 Å². The number of amides is 1.